The first-order chi connectivity index (χ1) is 10.1. The van der Waals surface area contributed by atoms with E-state index in [-0.39, 0.29) is 5.91 Å². The van der Waals surface area contributed by atoms with Crippen molar-refractivity contribution in [3.8, 4) is 0 Å². The summed E-state index contributed by atoms with van der Waals surface area (Å²) in [6, 6.07) is 12.8. The molecule has 0 aliphatic carbocycles. The van der Waals surface area contributed by atoms with Gasteiger partial charge in [-0.25, -0.2) is 0 Å². The molecular formula is C15H13BrCl2N2O. The lowest BCUT2D eigenvalue weighted by atomic mass is 10.3. The second-order valence-corrected chi connectivity index (χ2v) is 5.95. The Morgan fingerprint density at radius 1 is 1.05 bits per heavy atom. The molecule has 2 N–H and O–H groups in total. The number of para-hydroxylation sites is 1. The molecule has 3 nitrogen and oxygen atoms in total. The highest BCUT2D eigenvalue weighted by molar-refractivity contribution is 9.10. The first-order valence-corrected chi connectivity index (χ1v) is 7.85. The number of benzene rings is 2. The molecule has 0 spiro atoms. The average molecular weight is 388 g/mol. The fourth-order valence-electron chi connectivity index (χ4n) is 1.73. The van der Waals surface area contributed by atoms with Crippen molar-refractivity contribution in [3.05, 3.63) is 57.0 Å². The van der Waals surface area contributed by atoms with Crippen LogP contribution in [-0.2, 0) is 4.79 Å². The maximum Gasteiger partial charge on any atom is 0.226 e. The van der Waals surface area contributed by atoms with Crippen LogP contribution in [0.5, 0.6) is 0 Å². The minimum Gasteiger partial charge on any atom is -0.383 e. The van der Waals surface area contributed by atoms with E-state index >= 15 is 0 Å². The number of hydrogen-bond donors (Lipinski definition) is 2. The second kappa shape index (κ2) is 7.69. The maximum absolute atomic E-state index is 11.9. The van der Waals surface area contributed by atoms with Crippen LogP contribution in [0.3, 0.4) is 0 Å². The fraction of sp³-hybridized carbons (Fsp3) is 0.133. The second-order valence-electron chi connectivity index (χ2n) is 4.31. The SMILES string of the molecule is O=C(CCNc1cccc(Cl)c1Cl)Nc1ccccc1Br. The van der Waals surface area contributed by atoms with Crippen LogP contribution in [0.15, 0.2) is 46.9 Å². The summed E-state index contributed by atoms with van der Waals surface area (Å²) in [5.41, 5.74) is 1.47. The molecule has 0 radical (unpaired) electrons. The quantitative estimate of drug-likeness (QED) is 0.740. The van der Waals surface area contributed by atoms with E-state index in [4.69, 9.17) is 23.2 Å². The van der Waals surface area contributed by atoms with Gasteiger partial charge in [0.2, 0.25) is 5.91 Å². The topological polar surface area (TPSA) is 41.1 Å². The molecule has 0 aliphatic heterocycles. The molecule has 6 heteroatoms. The van der Waals surface area contributed by atoms with Crippen molar-refractivity contribution in [1.29, 1.82) is 0 Å². The number of nitrogens with one attached hydrogen (secondary N) is 2. The molecule has 0 saturated heterocycles. The molecule has 1 amide bonds. The van der Waals surface area contributed by atoms with Crippen LogP contribution in [0.2, 0.25) is 10.0 Å². The van der Waals surface area contributed by atoms with Crippen molar-refractivity contribution in [2.45, 2.75) is 6.42 Å². The summed E-state index contributed by atoms with van der Waals surface area (Å²) >= 11 is 15.4. The summed E-state index contributed by atoms with van der Waals surface area (Å²) in [6.45, 7) is 0.469. The molecule has 110 valence electrons. The molecule has 0 aromatic heterocycles. The summed E-state index contributed by atoms with van der Waals surface area (Å²) in [5, 5.41) is 6.88. The van der Waals surface area contributed by atoms with Gasteiger partial charge in [-0.3, -0.25) is 4.79 Å². The highest BCUT2D eigenvalue weighted by Gasteiger charge is 2.07. The van der Waals surface area contributed by atoms with Gasteiger partial charge in [0.25, 0.3) is 0 Å². The zero-order valence-electron chi connectivity index (χ0n) is 11.0. The lowest BCUT2D eigenvalue weighted by Gasteiger charge is -2.10. The van der Waals surface area contributed by atoms with Crippen LogP contribution in [0.1, 0.15) is 6.42 Å². The largest absolute Gasteiger partial charge is 0.383 e. The Labute approximate surface area is 141 Å². The number of halogens is 3. The minimum absolute atomic E-state index is 0.0763. The summed E-state index contributed by atoms with van der Waals surface area (Å²) < 4.78 is 0.851. The van der Waals surface area contributed by atoms with Crippen LogP contribution in [0.25, 0.3) is 0 Å². The molecule has 2 rings (SSSR count). The molecule has 2 aromatic rings. The molecule has 0 fully saturated rings. The van der Waals surface area contributed by atoms with Crippen molar-refractivity contribution in [2.24, 2.45) is 0 Å². The zero-order chi connectivity index (χ0) is 15.2. The lowest BCUT2D eigenvalue weighted by Crippen LogP contribution is -2.16. The molecule has 2 aromatic carbocycles. The molecule has 0 bridgehead atoms. The van der Waals surface area contributed by atoms with Gasteiger partial charge in [0, 0.05) is 17.4 Å². The Hall–Kier alpha value is -1.23. The zero-order valence-corrected chi connectivity index (χ0v) is 14.1. The van der Waals surface area contributed by atoms with Crippen molar-refractivity contribution >= 4 is 56.4 Å². The van der Waals surface area contributed by atoms with E-state index in [1.807, 2.05) is 30.3 Å². The van der Waals surface area contributed by atoms with E-state index in [2.05, 4.69) is 26.6 Å². The summed E-state index contributed by atoms with van der Waals surface area (Å²) in [6.07, 6.45) is 0.324. The summed E-state index contributed by atoms with van der Waals surface area (Å²) in [7, 11) is 0. The van der Waals surface area contributed by atoms with Gasteiger partial charge in [0.1, 0.15) is 0 Å². The molecule has 0 aliphatic rings. The number of carbonyl (C=O) groups is 1. The van der Waals surface area contributed by atoms with Crippen molar-refractivity contribution < 1.29 is 4.79 Å². The van der Waals surface area contributed by atoms with Crippen LogP contribution in [0.4, 0.5) is 11.4 Å². The maximum atomic E-state index is 11.9. The normalized spacial score (nSPS) is 10.2. The summed E-state index contributed by atoms with van der Waals surface area (Å²) in [5.74, 6) is -0.0763. The molecule has 21 heavy (non-hydrogen) atoms. The first-order valence-electron chi connectivity index (χ1n) is 6.30. The van der Waals surface area contributed by atoms with Crippen molar-refractivity contribution in [2.75, 3.05) is 17.2 Å². The van der Waals surface area contributed by atoms with E-state index < -0.39 is 0 Å². The van der Waals surface area contributed by atoms with Crippen LogP contribution < -0.4 is 10.6 Å². The Morgan fingerprint density at radius 2 is 1.76 bits per heavy atom. The number of anilines is 2. The van der Waals surface area contributed by atoms with Gasteiger partial charge in [-0.1, -0.05) is 41.4 Å². The van der Waals surface area contributed by atoms with E-state index in [1.54, 1.807) is 12.1 Å². The Kier molecular flexibility index (Phi) is 5.91. The van der Waals surface area contributed by atoms with E-state index in [9.17, 15) is 4.79 Å². The van der Waals surface area contributed by atoms with Gasteiger partial charge in [-0.2, -0.15) is 0 Å². The molecule has 0 atom stereocenters. The first kappa shape index (κ1) is 16.1. The van der Waals surface area contributed by atoms with Crippen LogP contribution in [-0.4, -0.2) is 12.5 Å². The predicted molar refractivity (Wildman–Crippen MR) is 92.3 cm³/mol. The van der Waals surface area contributed by atoms with Gasteiger partial charge >= 0.3 is 0 Å². The fourth-order valence-corrected chi connectivity index (χ4v) is 2.48. The van der Waals surface area contributed by atoms with Crippen LogP contribution >= 0.6 is 39.1 Å². The van der Waals surface area contributed by atoms with Gasteiger partial charge in [0.05, 0.1) is 21.4 Å². The van der Waals surface area contributed by atoms with Gasteiger partial charge < -0.3 is 10.6 Å². The minimum atomic E-state index is -0.0763. The third-order valence-electron chi connectivity index (χ3n) is 2.77. The molecule has 0 saturated carbocycles. The highest BCUT2D eigenvalue weighted by Crippen LogP contribution is 2.29. The summed E-state index contributed by atoms with van der Waals surface area (Å²) in [4.78, 5) is 11.9. The van der Waals surface area contributed by atoms with E-state index in [0.29, 0.717) is 23.0 Å². The molecular weight excluding hydrogens is 375 g/mol. The monoisotopic (exact) mass is 386 g/mol. The van der Waals surface area contributed by atoms with Gasteiger partial charge in [-0.05, 0) is 40.2 Å². The van der Waals surface area contributed by atoms with Gasteiger partial charge in [-0.15, -0.1) is 0 Å². The van der Waals surface area contributed by atoms with Crippen LogP contribution in [0, 0.1) is 0 Å². The molecule has 0 unspecified atom stereocenters. The van der Waals surface area contributed by atoms with E-state index in [0.717, 1.165) is 15.8 Å². The number of rotatable bonds is 5. The van der Waals surface area contributed by atoms with Gasteiger partial charge in [0.15, 0.2) is 0 Å². The molecule has 0 heterocycles. The van der Waals surface area contributed by atoms with Crippen molar-refractivity contribution in [3.63, 3.8) is 0 Å². The smallest absolute Gasteiger partial charge is 0.226 e. The number of amides is 1. The highest BCUT2D eigenvalue weighted by atomic mass is 79.9. The Bertz CT molecular complexity index is 649. The third kappa shape index (κ3) is 4.63. The number of carbonyl (C=O) groups excluding carboxylic acids is 1. The average Bonchev–Trinajstić information content (AvgIpc) is 2.46. The standard InChI is InChI=1S/C15H13BrCl2N2O/c16-10-4-1-2-6-12(10)20-14(21)8-9-19-13-7-3-5-11(17)15(13)18/h1-7,19H,8-9H2,(H,20,21). The lowest BCUT2D eigenvalue weighted by molar-refractivity contribution is -0.115. The number of hydrogen-bond acceptors (Lipinski definition) is 2. The van der Waals surface area contributed by atoms with E-state index in [1.165, 1.54) is 0 Å². The van der Waals surface area contributed by atoms with Crippen molar-refractivity contribution in [1.82, 2.24) is 0 Å². The Balaban J connectivity index is 1.85. The predicted octanol–water partition coefficient (Wildman–Crippen LogP) is 5.20. The third-order valence-corrected chi connectivity index (χ3v) is 4.28. The Morgan fingerprint density at radius 3 is 2.52 bits per heavy atom.